The summed E-state index contributed by atoms with van der Waals surface area (Å²) in [7, 11) is 0. The molecule has 0 unspecified atom stereocenters. The molecule has 1 N–H and O–H groups in total. The third kappa shape index (κ3) is 3.14. The van der Waals surface area contributed by atoms with Crippen molar-refractivity contribution in [3.8, 4) is 0 Å². The number of aliphatic carboxylic acids is 1. The Kier molecular flexibility index (Phi) is 4.19. The van der Waals surface area contributed by atoms with E-state index in [1.54, 1.807) is 0 Å². The zero-order valence-electron chi connectivity index (χ0n) is 7.68. The van der Waals surface area contributed by atoms with E-state index >= 15 is 0 Å². The summed E-state index contributed by atoms with van der Waals surface area (Å²) >= 11 is 6.18. The van der Waals surface area contributed by atoms with Crippen LogP contribution < -0.4 is 0 Å². The third-order valence-corrected chi connectivity index (χ3v) is 2.99. The lowest BCUT2D eigenvalue weighted by Crippen LogP contribution is -1.91. The van der Waals surface area contributed by atoms with Crippen molar-refractivity contribution in [2.75, 3.05) is 0 Å². The molecular weight excluding hydrogens is 346 g/mol. The highest BCUT2D eigenvalue weighted by Gasteiger charge is 2.14. The quantitative estimate of drug-likeness (QED) is 0.515. The number of rotatable bonds is 3. The van der Waals surface area contributed by atoms with Gasteiger partial charge in [-0.15, -0.1) is 0 Å². The summed E-state index contributed by atoms with van der Waals surface area (Å²) in [5, 5.41) is 19.0. The maximum absolute atomic E-state index is 10.6. The van der Waals surface area contributed by atoms with Crippen LogP contribution in [0.15, 0.2) is 27.2 Å². The molecule has 0 atom stereocenters. The Balaban J connectivity index is 3.20. The topological polar surface area (TPSA) is 80.4 Å². The summed E-state index contributed by atoms with van der Waals surface area (Å²) in [6.45, 7) is 0. The van der Waals surface area contributed by atoms with Gasteiger partial charge in [0.05, 0.1) is 9.40 Å². The van der Waals surface area contributed by atoms with Gasteiger partial charge in [0.1, 0.15) is 0 Å². The van der Waals surface area contributed by atoms with Crippen LogP contribution in [0, 0.1) is 10.1 Å². The maximum atomic E-state index is 10.6. The van der Waals surface area contributed by atoms with Crippen LogP contribution in [0.2, 0.25) is 0 Å². The highest BCUT2D eigenvalue weighted by Crippen LogP contribution is 2.31. The van der Waals surface area contributed by atoms with E-state index in [9.17, 15) is 14.9 Å². The summed E-state index contributed by atoms with van der Waals surface area (Å²) in [6, 6.07) is 2.78. The molecule has 1 aromatic carbocycles. The highest BCUT2D eigenvalue weighted by atomic mass is 79.9. The Morgan fingerprint density at radius 3 is 2.50 bits per heavy atom. The van der Waals surface area contributed by atoms with Crippen LogP contribution in [0.25, 0.3) is 6.08 Å². The van der Waals surface area contributed by atoms with Crippen LogP contribution in [0.4, 0.5) is 5.69 Å². The Morgan fingerprint density at radius 2 is 2.00 bits per heavy atom. The fraction of sp³-hybridized carbons (Fsp3) is 0. The van der Waals surface area contributed by atoms with Crippen molar-refractivity contribution in [3.63, 3.8) is 0 Å². The molecule has 0 saturated heterocycles. The molecule has 0 fully saturated rings. The molecule has 0 aliphatic rings. The van der Waals surface area contributed by atoms with Gasteiger partial charge >= 0.3 is 5.97 Å². The minimum Gasteiger partial charge on any atom is -0.478 e. The summed E-state index contributed by atoms with van der Waals surface area (Å²) in [5.41, 5.74) is 0.458. The molecular formula is C9H5Br2NO4. The largest absolute Gasteiger partial charge is 0.478 e. The number of nitro benzene ring substituents is 1. The molecule has 84 valence electrons. The minimum absolute atomic E-state index is 0.0839. The second-order valence-corrected chi connectivity index (χ2v) is 4.46. The first kappa shape index (κ1) is 12.9. The van der Waals surface area contributed by atoms with Crippen LogP contribution in [-0.4, -0.2) is 16.0 Å². The van der Waals surface area contributed by atoms with Crippen molar-refractivity contribution >= 4 is 49.6 Å². The van der Waals surface area contributed by atoms with Crippen LogP contribution in [-0.2, 0) is 4.79 Å². The zero-order chi connectivity index (χ0) is 12.3. The standard InChI is InChI=1S/C9H5Br2NO4/c10-6-4-8(12(15)16)7(11)3-5(6)1-2-9(13)14/h1-4H,(H,13,14)/b2-1+. The minimum atomic E-state index is -1.08. The monoisotopic (exact) mass is 349 g/mol. The van der Waals surface area contributed by atoms with Gasteiger partial charge in [-0.1, -0.05) is 0 Å². The van der Waals surface area contributed by atoms with Crippen molar-refractivity contribution in [2.24, 2.45) is 0 Å². The third-order valence-electron chi connectivity index (χ3n) is 1.67. The predicted molar refractivity (Wildman–Crippen MR) is 65.2 cm³/mol. The number of hydrogen-bond donors (Lipinski definition) is 1. The Hall–Kier alpha value is -1.21. The number of carbonyl (C=O) groups is 1. The number of nitro groups is 1. The summed E-state index contributed by atoms with van der Waals surface area (Å²) < 4.78 is 0.755. The number of benzene rings is 1. The lowest BCUT2D eigenvalue weighted by atomic mass is 10.2. The zero-order valence-corrected chi connectivity index (χ0v) is 10.9. The molecule has 0 heterocycles. The molecule has 1 aromatic rings. The summed E-state index contributed by atoms with van der Waals surface area (Å²) in [5.74, 6) is -1.08. The number of carboxylic acids is 1. The van der Waals surface area contributed by atoms with E-state index in [4.69, 9.17) is 5.11 Å². The van der Waals surface area contributed by atoms with Crippen LogP contribution in [0.5, 0.6) is 0 Å². The second-order valence-electron chi connectivity index (χ2n) is 2.75. The highest BCUT2D eigenvalue weighted by molar-refractivity contribution is 9.11. The second kappa shape index (κ2) is 5.22. The normalized spacial score (nSPS) is 10.6. The molecule has 5 nitrogen and oxygen atoms in total. The molecule has 0 aromatic heterocycles. The molecule has 0 bridgehead atoms. The van der Waals surface area contributed by atoms with Gasteiger partial charge in [0.15, 0.2) is 0 Å². The van der Waals surface area contributed by atoms with E-state index < -0.39 is 10.9 Å². The average Bonchev–Trinajstić information content (AvgIpc) is 2.18. The van der Waals surface area contributed by atoms with Gasteiger partial charge < -0.3 is 5.11 Å². The predicted octanol–water partition coefficient (Wildman–Crippen LogP) is 3.22. The van der Waals surface area contributed by atoms with Crippen LogP contribution in [0.1, 0.15) is 5.56 Å². The molecule has 0 aliphatic heterocycles. The lowest BCUT2D eigenvalue weighted by molar-refractivity contribution is -0.385. The molecule has 0 amide bonds. The lowest BCUT2D eigenvalue weighted by Gasteiger charge is -2.00. The summed E-state index contributed by atoms with van der Waals surface area (Å²) in [6.07, 6.45) is 2.30. The molecule has 1 rings (SSSR count). The van der Waals surface area contributed by atoms with E-state index in [2.05, 4.69) is 31.9 Å². The Bertz CT molecular complexity index is 485. The first-order chi connectivity index (χ1) is 7.41. The van der Waals surface area contributed by atoms with E-state index in [-0.39, 0.29) is 5.69 Å². The van der Waals surface area contributed by atoms with Gasteiger partial charge in [-0.05, 0) is 49.6 Å². The maximum Gasteiger partial charge on any atom is 0.328 e. The van der Waals surface area contributed by atoms with Crippen molar-refractivity contribution in [2.45, 2.75) is 0 Å². The number of nitrogens with zero attached hydrogens (tertiary/aromatic N) is 1. The number of carboxylic acid groups (broad SMARTS) is 1. The summed E-state index contributed by atoms with van der Waals surface area (Å²) in [4.78, 5) is 20.4. The van der Waals surface area contributed by atoms with E-state index in [0.717, 1.165) is 6.08 Å². The smallest absolute Gasteiger partial charge is 0.328 e. The fourth-order valence-electron chi connectivity index (χ4n) is 0.980. The van der Waals surface area contributed by atoms with Gasteiger partial charge in [0.25, 0.3) is 5.69 Å². The fourth-order valence-corrected chi connectivity index (χ4v) is 1.95. The van der Waals surface area contributed by atoms with Crippen molar-refractivity contribution in [1.82, 2.24) is 0 Å². The molecule has 16 heavy (non-hydrogen) atoms. The molecule has 0 aliphatic carbocycles. The first-order valence-electron chi connectivity index (χ1n) is 3.96. The van der Waals surface area contributed by atoms with Crippen molar-refractivity contribution < 1.29 is 14.8 Å². The van der Waals surface area contributed by atoms with Crippen LogP contribution >= 0.6 is 31.9 Å². The van der Waals surface area contributed by atoms with E-state index in [1.165, 1.54) is 18.2 Å². The van der Waals surface area contributed by atoms with Crippen molar-refractivity contribution in [1.29, 1.82) is 0 Å². The Morgan fingerprint density at radius 1 is 1.38 bits per heavy atom. The molecule has 7 heteroatoms. The van der Waals surface area contributed by atoms with Gasteiger partial charge in [0, 0.05) is 16.6 Å². The Labute approximate surface area is 107 Å². The number of halogens is 2. The van der Waals surface area contributed by atoms with E-state index in [0.29, 0.717) is 14.5 Å². The average molecular weight is 351 g/mol. The van der Waals surface area contributed by atoms with Gasteiger partial charge in [-0.3, -0.25) is 10.1 Å². The first-order valence-corrected chi connectivity index (χ1v) is 5.55. The van der Waals surface area contributed by atoms with Gasteiger partial charge in [0.2, 0.25) is 0 Å². The SMILES string of the molecule is O=C(O)/C=C/c1cc(Br)c([N+](=O)[O-])cc1Br. The molecule has 0 saturated carbocycles. The van der Waals surface area contributed by atoms with Crippen LogP contribution in [0.3, 0.4) is 0 Å². The molecule has 0 radical (unpaired) electrons. The van der Waals surface area contributed by atoms with Crippen molar-refractivity contribution in [3.05, 3.63) is 42.8 Å². The van der Waals surface area contributed by atoms with Gasteiger partial charge in [-0.25, -0.2) is 4.79 Å². The van der Waals surface area contributed by atoms with Gasteiger partial charge in [-0.2, -0.15) is 0 Å². The van der Waals surface area contributed by atoms with E-state index in [1.807, 2.05) is 0 Å². The number of hydrogen-bond acceptors (Lipinski definition) is 3. The molecule has 0 spiro atoms.